The molecule has 2 rings (SSSR count). The Morgan fingerprint density at radius 3 is 2.83 bits per heavy atom. The lowest BCUT2D eigenvalue weighted by Gasteiger charge is -2.21. The summed E-state index contributed by atoms with van der Waals surface area (Å²) in [5, 5.41) is 6.19. The molecule has 0 atom stereocenters. The lowest BCUT2D eigenvalue weighted by atomic mass is 10.1. The van der Waals surface area contributed by atoms with E-state index in [4.69, 9.17) is 0 Å². The predicted octanol–water partition coefficient (Wildman–Crippen LogP) is 2.98. The molecule has 0 amide bonds. The van der Waals surface area contributed by atoms with E-state index in [0.29, 0.717) is 31.0 Å². The van der Waals surface area contributed by atoms with Crippen LogP contribution in [0.2, 0.25) is 0 Å². The van der Waals surface area contributed by atoms with Gasteiger partial charge in [0.1, 0.15) is 11.6 Å². The van der Waals surface area contributed by atoms with Gasteiger partial charge in [0.25, 0.3) is 0 Å². The number of nitrogens with one attached hydrogen (secondary N) is 1. The molecule has 1 N–H and O–H groups in total. The van der Waals surface area contributed by atoms with Crippen molar-refractivity contribution >= 4 is 17.3 Å². The minimum atomic E-state index is -0.429. The van der Waals surface area contributed by atoms with Gasteiger partial charge >= 0.3 is 0 Å². The number of aromatic nitrogens is 1. The van der Waals surface area contributed by atoms with Gasteiger partial charge in [-0.25, -0.2) is 13.8 Å². The summed E-state index contributed by atoms with van der Waals surface area (Å²) >= 11 is 1.61. The van der Waals surface area contributed by atoms with Gasteiger partial charge in [0.05, 0.1) is 17.2 Å². The number of aryl methyl sites for hydroxylation is 1. The van der Waals surface area contributed by atoms with E-state index in [1.807, 2.05) is 24.3 Å². The number of nitrogens with zero attached hydrogens (tertiary/aromatic N) is 3. The highest BCUT2D eigenvalue weighted by Gasteiger charge is 2.09. The zero-order valence-corrected chi connectivity index (χ0v) is 14.3. The van der Waals surface area contributed by atoms with Crippen molar-refractivity contribution in [2.75, 3.05) is 20.6 Å². The largest absolute Gasteiger partial charge is 0.356 e. The first kappa shape index (κ1) is 17.3. The standard InChI is InChI=1S/C16H20F2N4S/c1-11-21-14(10-23-11)9-22(3)16(19-2)20-7-6-12-8-13(17)4-5-15(12)18/h4-5,8,10H,6-7,9H2,1-3H3,(H,19,20). The van der Waals surface area contributed by atoms with Crippen LogP contribution in [0, 0.1) is 18.6 Å². The normalized spacial score (nSPS) is 11.6. The van der Waals surface area contributed by atoms with Crippen molar-refractivity contribution in [2.45, 2.75) is 19.9 Å². The molecule has 0 saturated heterocycles. The number of guanidine groups is 1. The van der Waals surface area contributed by atoms with E-state index >= 15 is 0 Å². The second kappa shape index (κ2) is 8.01. The van der Waals surface area contributed by atoms with Gasteiger partial charge in [-0.2, -0.15) is 0 Å². The van der Waals surface area contributed by atoms with Crippen molar-refractivity contribution in [1.82, 2.24) is 15.2 Å². The van der Waals surface area contributed by atoms with Crippen molar-refractivity contribution in [3.63, 3.8) is 0 Å². The molecule has 0 radical (unpaired) electrons. The van der Waals surface area contributed by atoms with Crippen LogP contribution in [0.1, 0.15) is 16.3 Å². The number of benzene rings is 1. The van der Waals surface area contributed by atoms with Crippen molar-refractivity contribution in [3.8, 4) is 0 Å². The molecule has 0 saturated carbocycles. The average Bonchev–Trinajstić information content (AvgIpc) is 2.92. The molecule has 0 aliphatic heterocycles. The monoisotopic (exact) mass is 338 g/mol. The van der Waals surface area contributed by atoms with Gasteiger partial charge < -0.3 is 10.2 Å². The molecular weight excluding hydrogens is 318 g/mol. The Morgan fingerprint density at radius 2 is 2.17 bits per heavy atom. The molecule has 0 spiro atoms. The summed E-state index contributed by atoms with van der Waals surface area (Å²) in [7, 11) is 3.60. The summed E-state index contributed by atoms with van der Waals surface area (Å²) in [5.74, 6) is -0.135. The van der Waals surface area contributed by atoms with E-state index in [0.717, 1.165) is 22.8 Å². The minimum absolute atomic E-state index is 0.353. The maximum absolute atomic E-state index is 13.6. The maximum Gasteiger partial charge on any atom is 0.193 e. The molecule has 2 aromatic rings. The lowest BCUT2D eigenvalue weighted by Crippen LogP contribution is -2.39. The molecule has 1 heterocycles. The number of halogens is 2. The van der Waals surface area contributed by atoms with Crippen LogP contribution < -0.4 is 5.32 Å². The van der Waals surface area contributed by atoms with E-state index < -0.39 is 11.6 Å². The van der Waals surface area contributed by atoms with Crippen molar-refractivity contribution < 1.29 is 8.78 Å². The van der Waals surface area contributed by atoms with Crippen LogP contribution in [0.5, 0.6) is 0 Å². The lowest BCUT2D eigenvalue weighted by molar-refractivity contribution is 0.470. The van der Waals surface area contributed by atoms with E-state index in [1.165, 1.54) is 6.07 Å². The number of aliphatic imine (C=N–C) groups is 1. The van der Waals surface area contributed by atoms with Crippen LogP contribution in [-0.4, -0.2) is 36.5 Å². The summed E-state index contributed by atoms with van der Waals surface area (Å²) < 4.78 is 26.7. The number of rotatable bonds is 5. The van der Waals surface area contributed by atoms with Crippen LogP contribution in [0.25, 0.3) is 0 Å². The summed E-state index contributed by atoms with van der Waals surface area (Å²) in [6, 6.07) is 3.49. The first-order valence-corrected chi connectivity index (χ1v) is 8.14. The van der Waals surface area contributed by atoms with Crippen LogP contribution in [0.3, 0.4) is 0 Å². The average molecular weight is 338 g/mol. The molecule has 4 nitrogen and oxygen atoms in total. The van der Waals surface area contributed by atoms with E-state index in [2.05, 4.69) is 15.3 Å². The zero-order valence-electron chi connectivity index (χ0n) is 13.4. The molecule has 0 fully saturated rings. The maximum atomic E-state index is 13.6. The molecule has 1 aromatic heterocycles. The molecule has 1 aromatic carbocycles. The smallest absolute Gasteiger partial charge is 0.193 e. The van der Waals surface area contributed by atoms with Gasteiger partial charge in [0.2, 0.25) is 0 Å². The Balaban J connectivity index is 1.88. The van der Waals surface area contributed by atoms with E-state index in [-0.39, 0.29) is 0 Å². The highest BCUT2D eigenvalue weighted by Crippen LogP contribution is 2.11. The Labute approximate surface area is 138 Å². The number of hydrogen-bond donors (Lipinski definition) is 1. The van der Waals surface area contributed by atoms with Gasteiger partial charge in [-0.3, -0.25) is 4.99 Å². The summed E-state index contributed by atoms with van der Waals surface area (Å²) in [6.45, 7) is 3.07. The molecule has 124 valence electrons. The van der Waals surface area contributed by atoms with Gasteiger partial charge in [-0.15, -0.1) is 11.3 Å². The molecule has 0 aliphatic carbocycles. The minimum Gasteiger partial charge on any atom is -0.356 e. The SMILES string of the molecule is CN=C(NCCc1cc(F)ccc1F)N(C)Cc1csc(C)n1. The predicted molar refractivity (Wildman–Crippen MR) is 89.7 cm³/mol. The van der Waals surface area contributed by atoms with E-state index in [1.54, 1.807) is 18.4 Å². The third-order valence-corrected chi connectivity index (χ3v) is 4.15. The third kappa shape index (κ3) is 4.99. The molecule has 7 heteroatoms. The van der Waals surface area contributed by atoms with Crippen LogP contribution in [0.4, 0.5) is 8.78 Å². The molecule has 0 aliphatic rings. The van der Waals surface area contributed by atoms with Gasteiger partial charge in [-0.1, -0.05) is 0 Å². The zero-order chi connectivity index (χ0) is 16.8. The Kier molecular flexibility index (Phi) is 6.04. The Bertz CT molecular complexity index is 684. The highest BCUT2D eigenvalue weighted by atomic mass is 32.1. The van der Waals surface area contributed by atoms with Gasteiger partial charge in [0, 0.05) is 26.0 Å². The van der Waals surface area contributed by atoms with Gasteiger partial charge in [0.15, 0.2) is 5.96 Å². The molecule has 0 unspecified atom stereocenters. The third-order valence-electron chi connectivity index (χ3n) is 3.32. The van der Waals surface area contributed by atoms with Crippen LogP contribution in [0.15, 0.2) is 28.6 Å². The fraction of sp³-hybridized carbons (Fsp3) is 0.375. The first-order valence-electron chi connectivity index (χ1n) is 7.26. The van der Waals surface area contributed by atoms with Crippen LogP contribution in [-0.2, 0) is 13.0 Å². The van der Waals surface area contributed by atoms with Crippen LogP contribution >= 0.6 is 11.3 Å². The Hall–Kier alpha value is -2.02. The fourth-order valence-electron chi connectivity index (χ4n) is 2.23. The summed E-state index contributed by atoms with van der Waals surface area (Å²) in [6.07, 6.45) is 0.381. The fourth-order valence-corrected chi connectivity index (χ4v) is 2.83. The number of thiazole rings is 1. The molecular formula is C16H20F2N4S. The van der Waals surface area contributed by atoms with Gasteiger partial charge in [-0.05, 0) is 37.1 Å². The topological polar surface area (TPSA) is 40.5 Å². The highest BCUT2D eigenvalue weighted by molar-refractivity contribution is 7.09. The summed E-state index contributed by atoms with van der Waals surface area (Å²) in [5.41, 5.74) is 1.33. The van der Waals surface area contributed by atoms with Crippen molar-refractivity contribution in [2.24, 2.45) is 4.99 Å². The van der Waals surface area contributed by atoms with Crippen molar-refractivity contribution in [3.05, 3.63) is 51.5 Å². The summed E-state index contributed by atoms with van der Waals surface area (Å²) in [4.78, 5) is 10.6. The van der Waals surface area contributed by atoms with Crippen molar-refractivity contribution in [1.29, 1.82) is 0 Å². The second-order valence-corrected chi connectivity index (χ2v) is 6.24. The molecule has 23 heavy (non-hydrogen) atoms. The first-order chi connectivity index (χ1) is 11.0. The second-order valence-electron chi connectivity index (χ2n) is 5.17. The Morgan fingerprint density at radius 1 is 1.39 bits per heavy atom. The quantitative estimate of drug-likeness (QED) is 0.673. The van der Waals surface area contributed by atoms with E-state index in [9.17, 15) is 8.78 Å². The molecule has 0 bridgehead atoms. The number of hydrogen-bond acceptors (Lipinski definition) is 3.